The van der Waals surface area contributed by atoms with Crippen molar-refractivity contribution in [2.75, 3.05) is 5.75 Å². The van der Waals surface area contributed by atoms with Gasteiger partial charge < -0.3 is 0 Å². The highest BCUT2D eigenvalue weighted by Crippen LogP contribution is 2.34. The van der Waals surface area contributed by atoms with Gasteiger partial charge in [-0.3, -0.25) is 4.79 Å². The zero-order chi connectivity index (χ0) is 11.0. The molecule has 3 rings (SSSR count). The van der Waals surface area contributed by atoms with Crippen LogP contribution in [0.3, 0.4) is 0 Å². The molecule has 16 heavy (non-hydrogen) atoms. The van der Waals surface area contributed by atoms with Gasteiger partial charge in [0.15, 0.2) is 5.78 Å². The van der Waals surface area contributed by atoms with Crippen molar-refractivity contribution < 1.29 is 4.79 Å². The van der Waals surface area contributed by atoms with Gasteiger partial charge in [0.25, 0.3) is 0 Å². The maximum Gasteiger partial charge on any atom is 0.190 e. The van der Waals surface area contributed by atoms with Crippen molar-refractivity contribution in [3.8, 4) is 0 Å². The molecule has 0 unspecified atom stereocenters. The number of fused-ring (bicyclic) bond motifs is 1. The molecule has 0 spiro atoms. The summed E-state index contributed by atoms with van der Waals surface area (Å²) in [4.78, 5) is 13.5. The topological polar surface area (TPSA) is 17.1 Å². The highest BCUT2D eigenvalue weighted by molar-refractivity contribution is 8.03. The first kappa shape index (κ1) is 9.91. The van der Waals surface area contributed by atoms with Crippen LogP contribution in [0, 0.1) is 0 Å². The van der Waals surface area contributed by atoms with Crippen LogP contribution in [0.1, 0.15) is 22.3 Å². The third-order valence-electron chi connectivity index (χ3n) is 3.08. The van der Waals surface area contributed by atoms with Gasteiger partial charge >= 0.3 is 0 Å². The summed E-state index contributed by atoms with van der Waals surface area (Å²) in [6, 6.07) is 7.96. The molecular weight excluding hydrogens is 216 g/mol. The molecular formula is C14H12OS. The van der Waals surface area contributed by atoms with Gasteiger partial charge in [-0.25, -0.2) is 0 Å². The van der Waals surface area contributed by atoms with Gasteiger partial charge in [0.1, 0.15) is 0 Å². The number of benzene rings is 1. The van der Waals surface area contributed by atoms with E-state index in [-0.39, 0.29) is 5.78 Å². The lowest BCUT2D eigenvalue weighted by atomic mass is 9.86. The molecule has 0 amide bonds. The Hall–Kier alpha value is -1.28. The molecule has 2 heteroatoms. The van der Waals surface area contributed by atoms with E-state index in [0.29, 0.717) is 0 Å². The number of hydrogen-bond acceptors (Lipinski definition) is 2. The van der Waals surface area contributed by atoms with Gasteiger partial charge in [0.2, 0.25) is 0 Å². The zero-order valence-corrected chi connectivity index (χ0v) is 9.72. The summed E-state index contributed by atoms with van der Waals surface area (Å²) < 4.78 is 0. The van der Waals surface area contributed by atoms with Crippen molar-refractivity contribution in [1.29, 1.82) is 0 Å². The SMILES string of the molecule is O=C1/C(=C2\C=CCS2)CCc2ccccc21. The Bertz CT molecular complexity index is 511. The maximum absolute atomic E-state index is 12.3. The van der Waals surface area contributed by atoms with Crippen LogP contribution in [0.2, 0.25) is 0 Å². The predicted octanol–water partition coefficient (Wildman–Crippen LogP) is 3.37. The van der Waals surface area contributed by atoms with Crippen LogP contribution in [-0.2, 0) is 6.42 Å². The second kappa shape index (κ2) is 3.95. The first-order valence-electron chi connectivity index (χ1n) is 5.51. The summed E-state index contributed by atoms with van der Waals surface area (Å²) in [6.07, 6.45) is 6.10. The first-order chi connectivity index (χ1) is 7.86. The Morgan fingerprint density at radius 3 is 2.81 bits per heavy atom. The molecule has 1 aliphatic heterocycles. The molecule has 80 valence electrons. The van der Waals surface area contributed by atoms with E-state index < -0.39 is 0 Å². The lowest BCUT2D eigenvalue weighted by molar-refractivity contribution is 0.102. The number of aryl methyl sites for hydroxylation is 1. The van der Waals surface area contributed by atoms with Crippen LogP contribution >= 0.6 is 11.8 Å². The molecule has 1 aromatic rings. The number of carbonyl (C=O) groups is 1. The summed E-state index contributed by atoms with van der Waals surface area (Å²) in [5.74, 6) is 1.24. The molecule has 0 N–H and O–H groups in total. The van der Waals surface area contributed by atoms with E-state index >= 15 is 0 Å². The standard InChI is InChI=1S/C14H12OS/c15-14-11-5-2-1-4-10(11)7-8-12(14)13-6-3-9-16-13/h1-6H,7-9H2/b13-12+. The molecule has 0 saturated heterocycles. The van der Waals surface area contributed by atoms with Crippen molar-refractivity contribution in [1.82, 2.24) is 0 Å². The van der Waals surface area contributed by atoms with Gasteiger partial charge in [0, 0.05) is 21.8 Å². The lowest BCUT2D eigenvalue weighted by Crippen LogP contribution is -2.14. The van der Waals surface area contributed by atoms with Crippen molar-refractivity contribution in [3.05, 3.63) is 58.0 Å². The van der Waals surface area contributed by atoms with E-state index in [9.17, 15) is 4.79 Å². The summed E-state index contributed by atoms with van der Waals surface area (Å²) in [5, 5.41) is 0. The molecule has 2 aliphatic rings. The summed E-state index contributed by atoms with van der Waals surface area (Å²) in [5.41, 5.74) is 3.11. The van der Waals surface area contributed by atoms with Gasteiger partial charge in [0.05, 0.1) is 0 Å². The van der Waals surface area contributed by atoms with Gasteiger partial charge in [-0.2, -0.15) is 0 Å². The minimum Gasteiger partial charge on any atom is -0.289 e. The predicted molar refractivity (Wildman–Crippen MR) is 67.7 cm³/mol. The molecule has 0 fully saturated rings. The molecule has 1 nitrogen and oxygen atoms in total. The quantitative estimate of drug-likeness (QED) is 0.633. The van der Waals surface area contributed by atoms with Gasteiger partial charge in [-0.15, -0.1) is 11.8 Å². The second-order valence-electron chi connectivity index (χ2n) is 4.04. The van der Waals surface area contributed by atoms with E-state index in [2.05, 4.69) is 18.2 Å². The van der Waals surface area contributed by atoms with Crippen molar-refractivity contribution >= 4 is 17.5 Å². The third kappa shape index (κ3) is 1.54. The maximum atomic E-state index is 12.3. The van der Waals surface area contributed by atoms with Crippen LogP contribution in [0.5, 0.6) is 0 Å². The Morgan fingerprint density at radius 1 is 1.12 bits per heavy atom. The fraction of sp³-hybridized carbons (Fsp3) is 0.214. The Labute approximate surface area is 99.2 Å². The number of Topliss-reactive ketones (excluding diaryl/α,β-unsaturated/α-hetero) is 1. The number of ketones is 1. The first-order valence-corrected chi connectivity index (χ1v) is 6.50. The highest BCUT2D eigenvalue weighted by Gasteiger charge is 2.24. The van der Waals surface area contributed by atoms with Crippen LogP contribution in [-0.4, -0.2) is 11.5 Å². The largest absolute Gasteiger partial charge is 0.289 e. The van der Waals surface area contributed by atoms with Crippen molar-refractivity contribution in [3.63, 3.8) is 0 Å². The van der Waals surface area contributed by atoms with E-state index in [1.807, 2.05) is 18.2 Å². The molecule has 1 aliphatic carbocycles. The van der Waals surface area contributed by atoms with Crippen molar-refractivity contribution in [2.24, 2.45) is 0 Å². The molecule has 1 aromatic carbocycles. The zero-order valence-electron chi connectivity index (χ0n) is 8.90. The van der Waals surface area contributed by atoms with Crippen LogP contribution < -0.4 is 0 Å². The van der Waals surface area contributed by atoms with Crippen molar-refractivity contribution in [2.45, 2.75) is 12.8 Å². The number of thioether (sulfide) groups is 1. The summed E-state index contributed by atoms with van der Waals surface area (Å²) >= 11 is 1.77. The number of rotatable bonds is 0. The molecule has 0 saturated carbocycles. The normalized spacial score (nSPS) is 23.6. The molecule has 0 radical (unpaired) electrons. The Kier molecular flexibility index (Phi) is 2.44. The Morgan fingerprint density at radius 2 is 2.00 bits per heavy atom. The average molecular weight is 228 g/mol. The van der Waals surface area contributed by atoms with E-state index in [4.69, 9.17) is 0 Å². The Balaban J connectivity index is 2.08. The van der Waals surface area contributed by atoms with Crippen LogP contribution in [0.25, 0.3) is 0 Å². The molecule has 1 heterocycles. The van der Waals surface area contributed by atoms with Crippen LogP contribution in [0.4, 0.5) is 0 Å². The summed E-state index contributed by atoms with van der Waals surface area (Å²) in [6.45, 7) is 0. The molecule has 0 atom stereocenters. The van der Waals surface area contributed by atoms with Crippen LogP contribution in [0.15, 0.2) is 46.9 Å². The monoisotopic (exact) mass is 228 g/mol. The fourth-order valence-corrected chi connectivity index (χ4v) is 3.19. The molecule has 0 aromatic heterocycles. The number of hydrogen-bond donors (Lipinski definition) is 0. The smallest absolute Gasteiger partial charge is 0.190 e. The van der Waals surface area contributed by atoms with E-state index in [0.717, 1.165) is 29.7 Å². The van der Waals surface area contributed by atoms with E-state index in [1.54, 1.807) is 11.8 Å². The fourth-order valence-electron chi connectivity index (χ4n) is 2.26. The molecule has 0 bridgehead atoms. The summed E-state index contributed by atoms with van der Waals surface area (Å²) in [7, 11) is 0. The van der Waals surface area contributed by atoms with Gasteiger partial charge in [-0.1, -0.05) is 36.4 Å². The lowest BCUT2D eigenvalue weighted by Gasteiger charge is -2.18. The van der Waals surface area contributed by atoms with E-state index in [1.165, 1.54) is 10.5 Å². The second-order valence-corrected chi connectivity index (χ2v) is 5.10. The van der Waals surface area contributed by atoms with Gasteiger partial charge in [-0.05, 0) is 18.4 Å². The third-order valence-corrected chi connectivity index (χ3v) is 4.13. The average Bonchev–Trinajstić information content (AvgIpc) is 2.83. The minimum absolute atomic E-state index is 0.232. The minimum atomic E-state index is 0.232. The highest BCUT2D eigenvalue weighted by atomic mass is 32.2. The number of allylic oxidation sites excluding steroid dienone is 2. The number of carbonyl (C=O) groups excluding carboxylic acids is 1.